The third kappa shape index (κ3) is 3.61. The van der Waals surface area contributed by atoms with Crippen molar-refractivity contribution >= 4 is 17.4 Å². The number of hydrogen-bond donors (Lipinski definition) is 4. The molecule has 6 heteroatoms. The topological polar surface area (TPSA) is 87.4 Å². The fourth-order valence-corrected chi connectivity index (χ4v) is 1.71. The Morgan fingerprint density at radius 1 is 1.20 bits per heavy atom. The van der Waals surface area contributed by atoms with E-state index in [1.165, 1.54) is 12.1 Å². The number of phenolic OH excluding ortho intramolecular Hbond substituents is 1. The van der Waals surface area contributed by atoms with Crippen LogP contribution in [0.5, 0.6) is 5.75 Å². The first-order valence-corrected chi connectivity index (χ1v) is 5.92. The molecule has 2 rings (SSSR count). The van der Waals surface area contributed by atoms with E-state index in [0.29, 0.717) is 17.8 Å². The molecule has 5 N–H and O–H groups in total. The van der Waals surface area contributed by atoms with Crippen molar-refractivity contribution in [3.63, 3.8) is 0 Å². The summed E-state index contributed by atoms with van der Waals surface area (Å²) in [6.07, 6.45) is 0. The predicted molar refractivity (Wildman–Crippen MR) is 75.0 cm³/mol. The summed E-state index contributed by atoms with van der Waals surface area (Å²) in [6, 6.07) is 10.5. The molecule has 0 fully saturated rings. The van der Waals surface area contributed by atoms with Crippen LogP contribution in [0.25, 0.3) is 0 Å². The molecule has 0 aliphatic heterocycles. The van der Waals surface area contributed by atoms with Crippen molar-refractivity contribution in [1.29, 1.82) is 0 Å². The Bertz CT molecular complexity index is 632. The van der Waals surface area contributed by atoms with Crippen molar-refractivity contribution in [2.75, 3.05) is 10.6 Å². The predicted octanol–water partition coefficient (Wildman–Crippen LogP) is 2.63. The van der Waals surface area contributed by atoms with Gasteiger partial charge in [0.15, 0.2) is 11.6 Å². The summed E-state index contributed by atoms with van der Waals surface area (Å²) in [7, 11) is 0. The second-order valence-corrected chi connectivity index (χ2v) is 4.21. The average Bonchev–Trinajstić information content (AvgIpc) is 2.40. The van der Waals surface area contributed by atoms with Crippen LogP contribution in [0, 0.1) is 5.82 Å². The molecule has 0 aliphatic rings. The molecule has 0 radical (unpaired) electrons. The maximum Gasteiger partial charge on any atom is 0.316 e. The average molecular weight is 275 g/mol. The van der Waals surface area contributed by atoms with Gasteiger partial charge in [-0.05, 0) is 35.9 Å². The van der Waals surface area contributed by atoms with Gasteiger partial charge < -0.3 is 21.5 Å². The highest BCUT2D eigenvalue weighted by atomic mass is 19.1. The van der Waals surface area contributed by atoms with Crippen LogP contribution < -0.4 is 16.4 Å². The number of hydrogen-bond acceptors (Lipinski definition) is 3. The van der Waals surface area contributed by atoms with Crippen molar-refractivity contribution in [2.24, 2.45) is 5.73 Å². The number of urea groups is 1. The highest BCUT2D eigenvalue weighted by Gasteiger charge is 2.02. The van der Waals surface area contributed by atoms with Crippen LogP contribution in [0.15, 0.2) is 42.5 Å². The zero-order valence-corrected chi connectivity index (χ0v) is 10.6. The fraction of sp³-hybridized carbons (Fsp3) is 0.0714. The smallest absolute Gasteiger partial charge is 0.316 e. The van der Waals surface area contributed by atoms with Gasteiger partial charge in [0, 0.05) is 17.9 Å². The monoisotopic (exact) mass is 275 g/mol. The van der Waals surface area contributed by atoms with Gasteiger partial charge in [0.2, 0.25) is 0 Å². The lowest BCUT2D eigenvalue weighted by Gasteiger charge is -2.09. The number of carbonyl (C=O) groups is 1. The third-order valence-electron chi connectivity index (χ3n) is 2.64. The zero-order valence-electron chi connectivity index (χ0n) is 10.6. The minimum Gasteiger partial charge on any atom is -0.505 e. The number of carbonyl (C=O) groups excluding carboxylic acids is 1. The molecular formula is C14H14FN3O2. The number of nitrogens with two attached hydrogens (primary N) is 1. The summed E-state index contributed by atoms with van der Waals surface area (Å²) in [5.74, 6) is -1.03. The van der Waals surface area contributed by atoms with Crippen LogP contribution in [0.4, 0.5) is 20.6 Å². The summed E-state index contributed by atoms with van der Waals surface area (Å²) < 4.78 is 13.2. The van der Waals surface area contributed by atoms with E-state index in [1.807, 2.05) is 6.07 Å². The van der Waals surface area contributed by atoms with Crippen molar-refractivity contribution in [2.45, 2.75) is 6.54 Å². The lowest BCUT2D eigenvalue weighted by atomic mass is 10.2. The minimum atomic E-state index is -0.659. The molecule has 0 unspecified atom stereocenters. The van der Waals surface area contributed by atoms with Crippen molar-refractivity contribution < 1.29 is 14.3 Å². The van der Waals surface area contributed by atoms with Crippen molar-refractivity contribution in [3.05, 3.63) is 53.8 Å². The number of phenols is 1. The first kappa shape index (κ1) is 13.7. The molecule has 0 heterocycles. The van der Waals surface area contributed by atoms with E-state index >= 15 is 0 Å². The number of amides is 2. The molecule has 104 valence electrons. The lowest BCUT2D eigenvalue weighted by molar-refractivity contribution is 0.259. The van der Waals surface area contributed by atoms with Crippen molar-refractivity contribution in [1.82, 2.24) is 0 Å². The van der Waals surface area contributed by atoms with Gasteiger partial charge in [-0.25, -0.2) is 9.18 Å². The number of nitrogens with one attached hydrogen (secondary N) is 2. The van der Waals surface area contributed by atoms with Gasteiger partial charge in [-0.3, -0.25) is 0 Å². The van der Waals surface area contributed by atoms with E-state index in [2.05, 4.69) is 10.6 Å². The van der Waals surface area contributed by atoms with E-state index in [0.717, 1.165) is 5.69 Å². The molecule has 2 aromatic rings. The van der Waals surface area contributed by atoms with Gasteiger partial charge in [-0.2, -0.15) is 0 Å². The van der Waals surface area contributed by atoms with Crippen molar-refractivity contribution in [3.8, 4) is 5.75 Å². The second-order valence-electron chi connectivity index (χ2n) is 4.21. The number of benzene rings is 2. The quantitative estimate of drug-likeness (QED) is 0.691. The number of rotatable bonds is 4. The molecule has 0 atom stereocenters. The van der Waals surface area contributed by atoms with Crippen LogP contribution >= 0.6 is 0 Å². The van der Waals surface area contributed by atoms with Gasteiger partial charge in [-0.1, -0.05) is 12.1 Å². The minimum absolute atomic E-state index is 0.374. The van der Waals surface area contributed by atoms with Crippen LogP contribution in [-0.4, -0.2) is 11.1 Å². The number of aromatic hydroxyl groups is 1. The molecule has 0 saturated heterocycles. The fourth-order valence-electron chi connectivity index (χ4n) is 1.71. The molecule has 20 heavy (non-hydrogen) atoms. The van der Waals surface area contributed by atoms with Crippen LogP contribution in [0.3, 0.4) is 0 Å². The third-order valence-corrected chi connectivity index (χ3v) is 2.64. The van der Waals surface area contributed by atoms with E-state index in [1.54, 1.807) is 24.3 Å². The standard InChI is InChI=1S/C14H14FN3O2/c15-12-6-9(4-5-13(12)19)8-17-10-2-1-3-11(7-10)18-14(16)20/h1-7,17,19H,8H2,(H3,16,18,20). The zero-order chi connectivity index (χ0) is 14.5. The summed E-state index contributed by atoms with van der Waals surface area (Å²) in [4.78, 5) is 10.8. The van der Waals surface area contributed by atoms with Gasteiger partial charge in [-0.15, -0.1) is 0 Å². The maximum absolute atomic E-state index is 13.2. The molecule has 0 bridgehead atoms. The van der Waals surface area contributed by atoms with Crippen LogP contribution in [-0.2, 0) is 6.54 Å². The summed E-state index contributed by atoms with van der Waals surface area (Å²) in [5, 5.41) is 14.6. The summed E-state index contributed by atoms with van der Waals surface area (Å²) >= 11 is 0. The van der Waals surface area contributed by atoms with E-state index < -0.39 is 11.8 Å². The summed E-state index contributed by atoms with van der Waals surface area (Å²) in [6.45, 7) is 0.386. The van der Waals surface area contributed by atoms with Gasteiger partial charge in [0.1, 0.15) is 0 Å². The molecule has 5 nitrogen and oxygen atoms in total. The Balaban J connectivity index is 2.03. The molecule has 2 aromatic carbocycles. The Kier molecular flexibility index (Phi) is 4.05. The molecule has 0 saturated carbocycles. The number of primary amides is 1. The largest absolute Gasteiger partial charge is 0.505 e. The Morgan fingerprint density at radius 3 is 2.65 bits per heavy atom. The van der Waals surface area contributed by atoms with E-state index in [4.69, 9.17) is 10.8 Å². The molecule has 0 aromatic heterocycles. The molecule has 0 spiro atoms. The summed E-state index contributed by atoms with van der Waals surface area (Å²) in [5.41, 5.74) is 7.05. The number of halogens is 1. The second kappa shape index (κ2) is 5.92. The Hall–Kier alpha value is -2.76. The first-order chi connectivity index (χ1) is 9.54. The lowest BCUT2D eigenvalue weighted by Crippen LogP contribution is -2.19. The van der Waals surface area contributed by atoms with E-state index in [9.17, 15) is 9.18 Å². The molecule has 0 aliphatic carbocycles. The van der Waals surface area contributed by atoms with Crippen LogP contribution in [0.1, 0.15) is 5.56 Å². The highest BCUT2D eigenvalue weighted by molar-refractivity contribution is 5.88. The normalized spacial score (nSPS) is 10.1. The Labute approximate surface area is 115 Å². The number of anilines is 2. The van der Waals surface area contributed by atoms with Gasteiger partial charge >= 0.3 is 6.03 Å². The van der Waals surface area contributed by atoms with Crippen LogP contribution in [0.2, 0.25) is 0 Å². The molecular weight excluding hydrogens is 261 g/mol. The highest BCUT2D eigenvalue weighted by Crippen LogP contribution is 2.19. The Morgan fingerprint density at radius 2 is 1.95 bits per heavy atom. The maximum atomic E-state index is 13.2. The van der Waals surface area contributed by atoms with E-state index in [-0.39, 0.29) is 5.75 Å². The molecule has 2 amide bonds. The van der Waals surface area contributed by atoms with Gasteiger partial charge in [0.05, 0.1) is 0 Å². The SMILES string of the molecule is NC(=O)Nc1cccc(NCc2ccc(O)c(F)c2)c1. The van der Waals surface area contributed by atoms with Gasteiger partial charge in [0.25, 0.3) is 0 Å². The first-order valence-electron chi connectivity index (χ1n) is 5.92.